The number of hydrogen-bond donors (Lipinski definition) is 0. The van der Waals surface area contributed by atoms with Gasteiger partial charge in [-0.2, -0.15) is 13.2 Å². The Balaban J connectivity index is 3.07. The van der Waals surface area contributed by atoms with E-state index in [2.05, 4.69) is 10.3 Å². The third-order valence-electron chi connectivity index (χ3n) is 1.96. The molecule has 0 atom stereocenters. The molecule has 5 nitrogen and oxygen atoms in total. The number of sulfone groups is 1. The summed E-state index contributed by atoms with van der Waals surface area (Å²) in [5, 5.41) is 6.42. The van der Waals surface area contributed by atoms with Gasteiger partial charge in [0.2, 0.25) is 0 Å². The van der Waals surface area contributed by atoms with E-state index in [-0.39, 0.29) is 0 Å². The van der Waals surface area contributed by atoms with Gasteiger partial charge < -0.3 is 0 Å². The number of alkyl halides is 3. The van der Waals surface area contributed by atoms with Crippen molar-refractivity contribution < 1.29 is 21.6 Å². The van der Waals surface area contributed by atoms with Crippen LogP contribution >= 0.6 is 11.6 Å². The number of aryl methyl sites for hydroxylation is 1. The molecule has 10 heteroatoms. The van der Waals surface area contributed by atoms with E-state index in [0.717, 1.165) is 18.7 Å². The second-order valence-electron chi connectivity index (χ2n) is 3.42. The molecule has 1 aromatic rings. The molecule has 102 valence electrons. The summed E-state index contributed by atoms with van der Waals surface area (Å²) in [4.78, 5) is 0. The molecule has 0 aromatic carbocycles. The van der Waals surface area contributed by atoms with Gasteiger partial charge in [-0.05, 0) is 0 Å². The SMILES string of the molecule is Cn1nnc(CS(=O)(=O)C/C=C/Cl)c1C(F)(F)F. The van der Waals surface area contributed by atoms with Crippen LogP contribution in [0.15, 0.2) is 11.6 Å². The first-order valence-electron chi connectivity index (χ1n) is 4.59. The Morgan fingerprint density at radius 1 is 1.44 bits per heavy atom. The Labute approximate surface area is 106 Å². The Hall–Kier alpha value is -1.09. The van der Waals surface area contributed by atoms with Gasteiger partial charge in [0.1, 0.15) is 5.69 Å². The molecule has 1 heterocycles. The molecule has 0 saturated carbocycles. The molecule has 1 aromatic heterocycles. The first-order valence-corrected chi connectivity index (χ1v) is 6.84. The fourth-order valence-corrected chi connectivity index (χ4v) is 2.61. The Morgan fingerprint density at radius 2 is 2.06 bits per heavy atom. The van der Waals surface area contributed by atoms with Gasteiger partial charge in [0, 0.05) is 12.6 Å². The average Bonchev–Trinajstić information content (AvgIpc) is 2.55. The smallest absolute Gasteiger partial charge is 0.243 e. The van der Waals surface area contributed by atoms with Crippen LogP contribution in [0.5, 0.6) is 0 Å². The maximum atomic E-state index is 12.6. The molecule has 0 saturated heterocycles. The van der Waals surface area contributed by atoms with Gasteiger partial charge in [-0.1, -0.05) is 22.9 Å². The van der Waals surface area contributed by atoms with Crippen LogP contribution in [0.3, 0.4) is 0 Å². The topological polar surface area (TPSA) is 64.8 Å². The summed E-state index contributed by atoms with van der Waals surface area (Å²) in [7, 11) is -2.71. The molecule has 0 fully saturated rings. The van der Waals surface area contributed by atoms with Crippen molar-refractivity contribution >= 4 is 21.4 Å². The van der Waals surface area contributed by atoms with E-state index in [1.165, 1.54) is 0 Å². The predicted octanol–water partition coefficient (Wildman–Crippen LogP) is 1.50. The molecule has 0 spiro atoms. The van der Waals surface area contributed by atoms with Crippen molar-refractivity contribution in [3.8, 4) is 0 Å². The zero-order valence-corrected chi connectivity index (χ0v) is 10.7. The van der Waals surface area contributed by atoms with E-state index in [1.807, 2.05) is 0 Å². The minimum absolute atomic E-state index is 0.454. The lowest BCUT2D eigenvalue weighted by Gasteiger charge is -2.08. The van der Waals surface area contributed by atoms with Gasteiger partial charge in [-0.25, -0.2) is 13.1 Å². The van der Waals surface area contributed by atoms with E-state index in [9.17, 15) is 21.6 Å². The van der Waals surface area contributed by atoms with Crippen molar-refractivity contribution in [2.24, 2.45) is 7.05 Å². The number of nitrogens with zero attached hydrogens (tertiary/aromatic N) is 3. The van der Waals surface area contributed by atoms with Gasteiger partial charge in [-0.3, -0.25) is 0 Å². The first-order chi connectivity index (χ1) is 8.17. The molecule has 0 aliphatic carbocycles. The van der Waals surface area contributed by atoms with Gasteiger partial charge in [0.05, 0.1) is 11.5 Å². The molecule has 0 aliphatic rings. The van der Waals surface area contributed by atoms with Crippen molar-refractivity contribution in [1.29, 1.82) is 0 Å². The Bertz CT molecular complexity index is 550. The quantitative estimate of drug-likeness (QED) is 0.845. The lowest BCUT2D eigenvalue weighted by molar-refractivity contribution is -0.144. The average molecular weight is 304 g/mol. The van der Waals surface area contributed by atoms with E-state index < -0.39 is 38.9 Å². The summed E-state index contributed by atoms with van der Waals surface area (Å²) in [5.74, 6) is -1.29. The highest BCUT2D eigenvalue weighted by Crippen LogP contribution is 2.31. The third-order valence-corrected chi connectivity index (χ3v) is 3.55. The summed E-state index contributed by atoms with van der Waals surface area (Å²) in [6.45, 7) is 0. The zero-order chi connectivity index (χ0) is 14.0. The number of hydrogen-bond acceptors (Lipinski definition) is 4. The maximum Gasteiger partial charge on any atom is 0.434 e. The summed E-state index contributed by atoms with van der Waals surface area (Å²) >= 11 is 5.16. The van der Waals surface area contributed by atoms with E-state index in [0.29, 0.717) is 4.68 Å². The van der Waals surface area contributed by atoms with E-state index in [4.69, 9.17) is 11.6 Å². The minimum atomic E-state index is -4.70. The van der Waals surface area contributed by atoms with Crippen molar-refractivity contribution in [2.45, 2.75) is 11.9 Å². The van der Waals surface area contributed by atoms with Crippen molar-refractivity contribution in [3.05, 3.63) is 23.0 Å². The van der Waals surface area contributed by atoms with Crippen molar-refractivity contribution in [2.75, 3.05) is 5.75 Å². The highest BCUT2D eigenvalue weighted by molar-refractivity contribution is 7.90. The molecule has 0 bridgehead atoms. The van der Waals surface area contributed by atoms with Gasteiger partial charge in [0.25, 0.3) is 0 Å². The molecule has 0 N–H and O–H groups in total. The van der Waals surface area contributed by atoms with E-state index in [1.54, 1.807) is 0 Å². The summed E-state index contributed by atoms with van der Waals surface area (Å²) < 4.78 is 61.4. The number of rotatable bonds is 4. The van der Waals surface area contributed by atoms with Crippen molar-refractivity contribution in [1.82, 2.24) is 15.0 Å². The normalized spacial score (nSPS) is 13.4. The van der Waals surface area contributed by atoms with Gasteiger partial charge >= 0.3 is 6.18 Å². The molecule has 0 aliphatic heterocycles. The summed E-state index contributed by atoms with van der Waals surface area (Å²) in [6, 6.07) is 0. The fourth-order valence-electron chi connectivity index (χ4n) is 1.29. The molecule has 1 rings (SSSR count). The van der Waals surface area contributed by atoms with Crippen LogP contribution in [-0.2, 0) is 28.8 Å². The van der Waals surface area contributed by atoms with Crippen LogP contribution < -0.4 is 0 Å². The largest absolute Gasteiger partial charge is 0.434 e. The number of aromatic nitrogens is 3. The minimum Gasteiger partial charge on any atom is -0.243 e. The van der Waals surface area contributed by atoms with E-state index >= 15 is 0 Å². The third kappa shape index (κ3) is 3.70. The van der Waals surface area contributed by atoms with Gasteiger partial charge in [-0.15, -0.1) is 5.10 Å². The molecule has 18 heavy (non-hydrogen) atoms. The second kappa shape index (κ2) is 5.27. The number of halogens is 4. The van der Waals surface area contributed by atoms with Crippen molar-refractivity contribution in [3.63, 3.8) is 0 Å². The van der Waals surface area contributed by atoms with Crippen LogP contribution in [-0.4, -0.2) is 29.2 Å². The Kier molecular flexibility index (Phi) is 4.38. The van der Waals surface area contributed by atoms with Crippen LogP contribution in [0, 0.1) is 0 Å². The molecule has 0 amide bonds. The van der Waals surface area contributed by atoms with Gasteiger partial charge in [0.15, 0.2) is 15.5 Å². The Morgan fingerprint density at radius 3 is 2.56 bits per heavy atom. The fraction of sp³-hybridized carbons (Fsp3) is 0.500. The lowest BCUT2D eigenvalue weighted by atomic mass is 10.3. The predicted molar refractivity (Wildman–Crippen MR) is 58.5 cm³/mol. The first kappa shape index (κ1) is 15.0. The van der Waals surface area contributed by atoms with Crippen LogP contribution in [0.2, 0.25) is 0 Å². The second-order valence-corrected chi connectivity index (χ2v) is 5.78. The van der Waals surface area contributed by atoms with Crippen LogP contribution in [0.1, 0.15) is 11.4 Å². The highest BCUT2D eigenvalue weighted by atomic mass is 35.5. The summed E-state index contributed by atoms with van der Waals surface area (Å²) in [5.41, 5.74) is -0.798. The molecular weight excluding hydrogens is 295 g/mol. The maximum absolute atomic E-state index is 12.6. The van der Waals surface area contributed by atoms with Crippen LogP contribution in [0.25, 0.3) is 0 Å². The molecular formula is C8H9ClF3N3O2S. The monoisotopic (exact) mass is 303 g/mol. The molecule has 0 radical (unpaired) electrons. The summed E-state index contributed by atoms with van der Waals surface area (Å²) in [6.07, 6.45) is -3.58. The zero-order valence-electron chi connectivity index (χ0n) is 9.15. The highest BCUT2D eigenvalue weighted by Gasteiger charge is 2.39. The van der Waals surface area contributed by atoms with Crippen LogP contribution in [0.4, 0.5) is 13.2 Å². The molecule has 0 unspecified atom stereocenters. The lowest BCUT2D eigenvalue weighted by Crippen LogP contribution is -2.17. The standard InChI is InChI=1S/C8H9ClF3N3O2S/c1-15-7(8(10,11)12)6(13-14-15)5-18(16,17)4-2-3-9/h2-3H,4-5H2,1H3/b3-2+.